The number of nitrogens with zero attached hydrogens (tertiary/aromatic N) is 1. The number of benzene rings is 1. The highest BCUT2D eigenvalue weighted by Crippen LogP contribution is 2.28. The van der Waals surface area contributed by atoms with E-state index in [1.807, 2.05) is 31.2 Å². The number of nitrogens with one attached hydrogen (secondary N) is 1. The topological polar surface area (TPSA) is 64.4 Å². The maximum atomic E-state index is 11.9. The summed E-state index contributed by atoms with van der Waals surface area (Å²) >= 11 is 0. The summed E-state index contributed by atoms with van der Waals surface area (Å²) in [5, 5.41) is 2.91. The Morgan fingerprint density at radius 1 is 1.32 bits per heavy atom. The van der Waals surface area contributed by atoms with Gasteiger partial charge in [0.2, 0.25) is 5.91 Å². The van der Waals surface area contributed by atoms with E-state index in [0.717, 1.165) is 36.9 Å². The number of carbonyl (C=O) groups excluding carboxylic acids is 1. The quantitative estimate of drug-likeness (QED) is 0.671. The highest BCUT2D eigenvalue weighted by Gasteiger charge is 2.20. The van der Waals surface area contributed by atoms with Crippen molar-refractivity contribution >= 4 is 5.91 Å². The van der Waals surface area contributed by atoms with Crippen LogP contribution in [0.4, 0.5) is 0 Å². The SMILES string of the molecule is Cc1ccc(-c2cnc(CCC(=O)NCCCOCC3CC3)o2)cc1. The minimum absolute atomic E-state index is 0.0253. The first kappa shape index (κ1) is 17.7. The van der Waals surface area contributed by atoms with Crippen molar-refractivity contribution in [1.82, 2.24) is 10.3 Å². The summed E-state index contributed by atoms with van der Waals surface area (Å²) < 4.78 is 11.3. The highest BCUT2D eigenvalue weighted by molar-refractivity contribution is 5.76. The van der Waals surface area contributed by atoms with Crippen molar-refractivity contribution in [3.63, 3.8) is 0 Å². The first-order valence-electron chi connectivity index (χ1n) is 9.07. The molecular formula is C20H26N2O3. The number of amides is 1. The Bertz CT molecular complexity index is 675. The molecule has 1 aliphatic rings. The summed E-state index contributed by atoms with van der Waals surface area (Å²) in [6.45, 7) is 4.30. The van der Waals surface area contributed by atoms with Crippen LogP contribution < -0.4 is 5.32 Å². The summed E-state index contributed by atoms with van der Waals surface area (Å²) in [4.78, 5) is 16.1. The largest absolute Gasteiger partial charge is 0.441 e. The predicted octanol–water partition coefficient (Wildman–Crippen LogP) is 3.52. The van der Waals surface area contributed by atoms with E-state index in [4.69, 9.17) is 9.15 Å². The average molecular weight is 342 g/mol. The van der Waals surface area contributed by atoms with Gasteiger partial charge in [0, 0.05) is 38.2 Å². The third-order valence-corrected chi connectivity index (χ3v) is 4.29. The average Bonchev–Trinajstić information content (AvgIpc) is 3.32. The Kier molecular flexibility index (Phi) is 6.23. The van der Waals surface area contributed by atoms with Gasteiger partial charge in [-0.1, -0.05) is 29.8 Å². The van der Waals surface area contributed by atoms with Crippen LogP contribution in [0.2, 0.25) is 0 Å². The highest BCUT2D eigenvalue weighted by atomic mass is 16.5. The van der Waals surface area contributed by atoms with Gasteiger partial charge in [-0.15, -0.1) is 0 Å². The van der Waals surface area contributed by atoms with Crippen molar-refractivity contribution in [2.75, 3.05) is 19.8 Å². The Hall–Kier alpha value is -2.14. The van der Waals surface area contributed by atoms with Crippen molar-refractivity contribution in [2.24, 2.45) is 5.92 Å². The van der Waals surface area contributed by atoms with Gasteiger partial charge in [-0.3, -0.25) is 4.79 Å². The molecule has 0 unspecified atom stereocenters. The Morgan fingerprint density at radius 3 is 2.88 bits per heavy atom. The molecule has 1 heterocycles. The third kappa shape index (κ3) is 6.02. The van der Waals surface area contributed by atoms with E-state index in [-0.39, 0.29) is 5.91 Å². The lowest BCUT2D eigenvalue weighted by Crippen LogP contribution is -2.25. The third-order valence-electron chi connectivity index (χ3n) is 4.29. The van der Waals surface area contributed by atoms with E-state index in [0.29, 0.717) is 25.3 Å². The fraction of sp³-hybridized carbons (Fsp3) is 0.500. The molecule has 1 N–H and O–H groups in total. The summed E-state index contributed by atoms with van der Waals surface area (Å²) in [6.07, 6.45) is 6.09. The number of ether oxygens (including phenoxy) is 1. The van der Waals surface area contributed by atoms with E-state index < -0.39 is 0 Å². The molecular weight excluding hydrogens is 316 g/mol. The normalized spacial score (nSPS) is 13.8. The van der Waals surface area contributed by atoms with E-state index in [2.05, 4.69) is 10.3 Å². The lowest BCUT2D eigenvalue weighted by atomic mass is 10.1. The monoisotopic (exact) mass is 342 g/mol. The van der Waals surface area contributed by atoms with Gasteiger partial charge < -0.3 is 14.5 Å². The van der Waals surface area contributed by atoms with Crippen LogP contribution in [-0.2, 0) is 16.0 Å². The number of rotatable bonds is 10. The van der Waals surface area contributed by atoms with Crippen LogP contribution in [0.5, 0.6) is 0 Å². The van der Waals surface area contributed by atoms with Crippen molar-refractivity contribution in [2.45, 2.75) is 39.0 Å². The Balaban J connectivity index is 1.32. The van der Waals surface area contributed by atoms with Gasteiger partial charge in [0.1, 0.15) is 0 Å². The van der Waals surface area contributed by atoms with Gasteiger partial charge in [-0.05, 0) is 32.1 Å². The summed E-state index contributed by atoms with van der Waals surface area (Å²) in [5.41, 5.74) is 2.21. The van der Waals surface area contributed by atoms with Crippen molar-refractivity contribution < 1.29 is 13.9 Å². The lowest BCUT2D eigenvalue weighted by Gasteiger charge is -2.05. The number of carbonyl (C=O) groups is 1. The van der Waals surface area contributed by atoms with Crippen molar-refractivity contribution in [1.29, 1.82) is 0 Å². The fourth-order valence-corrected chi connectivity index (χ4v) is 2.52. The van der Waals surface area contributed by atoms with Gasteiger partial charge in [-0.2, -0.15) is 0 Å². The first-order valence-corrected chi connectivity index (χ1v) is 9.07. The predicted molar refractivity (Wildman–Crippen MR) is 96.2 cm³/mol. The van der Waals surface area contributed by atoms with E-state index in [1.54, 1.807) is 6.20 Å². The lowest BCUT2D eigenvalue weighted by molar-refractivity contribution is -0.121. The molecule has 0 aliphatic heterocycles. The summed E-state index contributed by atoms with van der Waals surface area (Å²) in [5.74, 6) is 2.15. The van der Waals surface area contributed by atoms with E-state index in [9.17, 15) is 4.79 Å². The molecule has 0 saturated heterocycles. The Morgan fingerprint density at radius 2 is 2.12 bits per heavy atom. The Labute approximate surface area is 148 Å². The summed E-state index contributed by atoms with van der Waals surface area (Å²) in [7, 11) is 0. The number of oxazole rings is 1. The second-order valence-electron chi connectivity index (χ2n) is 6.71. The minimum atomic E-state index is 0.0253. The number of hydrogen-bond donors (Lipinski definition) is 1. The standard InChI is InChI=1S/C20H26N2O3/c1-15-3-7-17(8-4-15)18-13-22-20(25-18)10-9-19(23)21-11-2-12-24-14-16-5-6-16/h3-4,7-8,13,16H,2,5-6,9-12,14H2,1H3,(H,21,23). The molecule has 1 aliphatic carbocycles. The molecule has 1 amide bonds. The maximum absolute atomic E-state index is 11.9. The van der Waals surface area contributed by atoms with Gasteiger partial charge >= 0.3 is 0 Å². The van der Waals surface area contributed by atoms with Crippen LogP contribution in [0.25, 0.3) is 11.3 Å². The molecule has 5 nitrogen and oxygen atoms in total. The molecule has 134 valence electrons. The zero-order valence-electron chi connectivity index (χ0n) is 14.8. The molecule has 0 atom stereocenters. The maximum Gasteiger partial charge on any atom is 0.220 e. The molecule has 5 heteroatoms. The zero-order valence-corrected chi connectivity index (χ0v) is 14.8. The molecule has 1 fully saturated rings. The van der Waals surface area contributed by atoms with Crippen LogP contribution in [0.1, 0.15) is 37.1 Å². The minimum Gasteiger partial charge on any atom is -0.441 e. The van der Waals surface area contributed by atoms with Gasteiger partial charge in [-0.25, -0.2) is 4.98 Å². The van der Waals surface area contributed by atoms with Gasteiger partial charge in [0.15, 0.2) is 11.7 Å². The fourth-order valence-electron chi connectivity index (χ4n) is 2.52. The smallest absolute Gasteiger partial charge is 0.220 e. The molecule has 2 aromatic rings. The molecule has 1 aromatic carbocycles. The number of aryl methyl sites for hydroxylation is 2. The van der Waals surface area contributed by atoms with Crippen LogP contribution >= 0.6 is 0 Å². The van der Waals surface area contributed by atoms with Crippen LogP contribution in [0.15, 0.2) is 34.9 Å². The molecule has 1 aromatic heterocycles. The molecule has 1 saturated carbocycles. The molecule has 0 bridgehead atoms. The van der Waals surface area contributed by atoms with Crippen LogP contribution in [0, 0.1) is 12.8 Å². The van der Waals surface area contributed by atoms with Gasteiger partial charge in [0.05, 0.1) is 6.20 Å². The molecule has 0 radical (unpaired) electrons. The van der Waals surface area contributed by atoms with Crippen LogP contribution in [-0.4, -0.2) is 30.6 Å². The molecule has 0 spiro atoms. The second-order valence-corrected chi connectivity index (χ2v) is 6.71. The zero-order chi connectivity index (χ0) is 17.5. The molecule has 3 rings (SSSR count). The molecule has 25 heavy (non-hydrogen) atoms. The van der Waals surface area contributed by atoms with Crippen molar-refractivity contribution in [3.05, 3.63) is 41.9 Å². The van der Waals surface area contributed by atoms with Crippen molar-refractivity contribution in [3.8, 4) is 11.3 Å². The van der Waals surface area contributed by atoms with Crippen LogP contribution in [0.3, 0.4) is 0 Å². The number of aromatic nitrogens is 1. The number of hydrogen-bond acceptors (Lipinski definition) is 4. The van der Waals surface area contributed by atoms with E-state index in [1.165, 1.54) is 18.4 Å². The summed E-state index contributed by atoms with van der Waals surface area (Å²) in [6, 6.07) is 8.11. The first-order chi connectivity index (χ1) is 12.2. The van der Waals surface area contributed by atoms with Gasteiger partial charge in [0.25, 0.3) is 0 Å². The second kappa shape index (κ2) is 8.81. The van der Waals surface area contributed by atoms with E-state index >= 15 is 0 Å².